The summed E-state index contributed by atoms with van der Waals surface area (Å²) in [4.78, 5) is 11.6. The van der Waals surface area contributed by atoms with Gasteiger partial charge < -0.3 is 0 Å². The fourth-order valence-corrected chi connectivity index (χ4v) is 3.18. The molecule has 0 N–H and O–H groups in total. The molecule has 0 amide bonds. The van der Waals surface area contributed by atoms with Gasteiger partial charge in [0.15, 0.2) is 5.78 Å². The van der Waals surface area contributed by atoms with Crippen LogP contribution in [0, 0.1) is 12.8 Å². The van der Waals surface area contributed by atoms with Gasteiger partial charge in [-0.05, 0) is 53.9 Å². The molecule has 0 aliphatic heterocycles. The van der Waals surface area contributed by atoms with E-state index in [9.17, 15) is 4.79 Å². The van der Waals surface area contributed by atoms with Crippen LogP contribution in [0.4, 0.5) is 0 Å². The lowest BCUT2D eigenvalue weighted by Crippen LogP contribution is -2.22. The monoisotopic (exact) mass is 230 g/mol. The van der Waals surface area contributed by atoms with Crippen molar-refractivity contribution in [2.24, 2.45) is 5.92 Å². The summed E-state index contributed by atoms with van der Waals surface area (Å²) < 4.78 is 0. The third-order valence-electron chi connectivity index (χ3n) is 4.85. The molecule has 0 bridgehead atoms. The Hall–Kier alpha value is -1.11. The third-order valence-corrected chi connectivity index (χ3v) is 4.85. The minimum atomic E-state index is 0.176. The molecule has 1 aromatic carbocycles. The topological polar surface area (TPSA) is 17.1 Å². The van der Waals surface area contributed by atoms with E-state index in [0.29, 0.717) is 11.8 Å². The van der Waals surface area contributed by atoms with E-state index in [1.54, 1.807) is 6.92 Å². The minimum absolute atomic E-state index is 0.176. The molecule has 1 heteroatoms. The molecule has 92 valence electrons. The molecule has 0 fully saturated rings. The van der Waals surface area contributed by atoms with Gasteiger partial charge in [0.2, 0.25) is 0 Å². The van der Waals surface area contributed by atoms with Crippen LogP contribution in [0.1, 0.15) is 67.6 Å². The maximum absolute atomic E-state index is 11.6. The molecule has 2 atom stereocenters. The zero-order valence-electron chi connectivity index (χ0n) is 11.7. The van der Waals surface area contributed by atoms with Gasteiger partial charge in [-0.25, -0.2) is 0 Å². The Morgan fingerprint density at radius 1 is 1.24 bits per heavy atom. The van der Waals surface area contributed by atoms with Crippen LogP contribution in [0.2, 0.25) is 0 Å². The summed E-state index contributed by atoms with van der Waals surface area (Å²) in [5.74, 6) is 1.34. The van der Waals surface area contributed by atoms with Crippen molar-refractivity contribution in [2.45, 2.75) is 52.9 Å². The van der Waals surface area contributed by atoms with Gasteiger partial charge in [0.05, 0.1) is 0 Å². The largest absolute Gasteiger partial charge is 0.295 e. The minimum Gasteiger partial charge on any atom is -0.295 e. The first-order valence-corrected chi connectivity index (χ1v) is 6.42. The highest BCUT2D eigenvalue weighted by Crippen LogP contribution is 2.50. The van der Waals surface area contributed by atoms with Crippen LogP contribution in [0.25, 0.3) is 0 Å². The van der Waals surface area contributed by atoms with E-state index in [0.717, 1.165) is 11.1 Å². The molecule has 1 nitrogen and oxygen atoms in total. The molecule has 0 aromatic heterocycles. The van der Waals surface area contributed by atoms with Crippen LogP contribution in [-0.2, 0) is 5.41 Å². The van der Waals surface area contributed by atoms with E-state index in [1.165, 1.54) is 11.1 Å². The fraction of sp³-hybridized carbons (Fsp3) is 0.562. The number of carbonyl (C=O) groups excluding carboxylic acids is 1. The van der Waals surface area contributed by atoms with Gasteiger partial charge in [0, 0.05) is 5.56 Å². The summed E-state index contributed by atoms with van der Waals surface area (Å²) in [5, 5.41) is 0. The van der Waals surface area contributed by atoms with Gasteiger partial charge in [-0.1, -0.05) is 33.8 Å². The van der Waals surface area contributed by atoms with E-state index in [1.807, 2.05) is 6.92 Å². The van der Waals surface area contributed by atoms with Gasteiger partial charge in [0.25, 0.3) is 0 Å². The van der Waals surface area contributed by atoms with Crippen LogP contribution >= 0.6 is 0 Å². The SMILES string of the molecule is CC(=O)c1cc2c(cc1C)C(C)(C)[C@H](C)[C@@H]2C. The van der Waals surface area contributed by atoms with Gasteiger partial charge >= 0.3 is 0 Å². The molecule has 1 aromatic rings. The first-order valence-electron chi connectivity index (χ1n) is 6.42. The number of benzene rings is 1. The predicted octanol–water partition coefficient (Wildman–Crippen LogP) is 4.23. The van der Waals surface area contributed by atoms with E-state index in [4.69, 9.17) is 0 Å². The molecule has 0 unspecified atom stereocenters. The maximum Gasteiger partial charge on any atom is 0.160 e. The van der Waals surface area contributed by atoms with E-state index < -0.39 is 0 Å². The average molecular weight is 230 g/mol. The van der Waals surface area contributed by atoms with Crippen LogP contribution in [0.5, 0.6) is 0 Å². The molecule has 17 heavy (non-hydrogen) atoms. The summed E-state index contributed by atoms with van der Waals surface area (Å²) in [7, 11) is 0. The molecule has 2 rings (SSSR count). The number of hydrogen-bond donors (Lipinski definition) is 0. The quantitative estimate of drug-likeness (QED) is 0.660. The summed E-state index contributed by atoms with van der Waals surface area (Å²) in [6.45, 7) is 12.9. The Bertz CT molecular complexity index is 483. The van der Waals surface area contributed by atoms with Crippen molar-refractivity contribution in [3.8, 4) is 0 Å². The Morgan fingerprint density at radius 2 is 1.82 bits per heavy atom. The van der Waals surface area contributed by atoms with E-state index in [-0.39, 0.29) is 11.2 Å². The summed E-state index contributed by atoms with van der Waals surface area (Å²) in [6, 6.07) is 4.36. The van der Waals surface area contributed by atoms with Crippen molar-refractivity contribution in [3.63, 3.8) is 0 Å². The first-order chi connectivity index (χ1) is 7.76. The number of fused-ring (bicyclic) bond motifs is 1. The Morgan fingerprint density at radius 3 is 2.35 bits per heavy atom. The van der Waals surface area contributed by atoms with E-state index in [2.05, 4.69) is 39.8 Å². The lowest BCUT2D eigenvalue weighted by molar-refractivity contribution is 0.101. The Labute approximate surface area is 104 Å². The van der Waals surface area contributed by atoms with Crippen molar-refractivity contribution < 1.29 is 4.79 Å². The second kappa shape index (κ2) is 3.69. The number of aryl methyl sites for hydroxylation is 1. The van der Waals surface area contributed by atoms with Crippen molar-refractivity contribution in [1.29, 1.82) is 0 Å². The van der Waals surface area contributed by atoms with E-state index >= 15 is 0 Å². The second-order valence-corrected chi connectivity index (χ2v) is 6.11. The molecule has 1 aliphatic rings. The highest BCUT2D eigenvalue weighted by molar-refractivity contribution is 5.96. The Kier molecular flexibility index (Phi) is 2.68. The van der Waals surface area contributed by atoms with Crippen molar-refractivity contribution in [1.82, 2.24) is 0 Å². The summed E-state index contributed by atoms with van der Waals surface area (Å²) in [5.41, 5.74) is 5.03. The van der Waals surface area contributed by atoms with Crippen LogP contribution < -0.4 is 0 Å². The molecular weight excluding hydrogens is 208 g/mol. The van der Waals surface area contributed by atoms with Crippen LogP contribution in [0.15, 0.2) is 12.1 Å². The lowest BCUT2D eigenvalue weighted by atomic mass is 9.77. The van der Waals surface area contributed by atoms with Crippen molar-refractivity contribution >= 4 is 5.78 Å². The molecule has 0 spiro atoms. The molecule has 0 saturated heterocycles. The molecule has 1 aliphatic carbocycles. The van der Waals surface area contributed by atoms with Crippen LogP contribution in [0.3, 0.4) is 0 Å². The fourth-order valence-electron chi connectivity index (χ4n) is 3.18. The number of Topliss-reactive ketones (excluding diaryl/α,β-unsaturated/α-hetero) is 1. The smallest absolute Gasteiger partial charge is 0.160 e. The highest BCUT2D eigenvalue weighted by Gasteiger charge is 2.41. The van der Waals surface area contributed by atoms with Gasteiger partial charge in [0.1, 0.15) is 0 Å². The molecule has 0 radical (unpaired) electrons. The van der Waals surface area contributed by atoms with Crippen molar-refractivity contribution in [3.05, 3.63) is 34.4 Å². The maximum atomic E-state index is 11.6. The average Bonchev–Trinajstić information content (AvgIpc) is 2.40. The third kappa shape index (κ3) is 1.64. The van der Waals surface area contributed by atoms with Gasteiger partial charge in [-0.15, -0.1) is 0 Å². The number of rotatable bonds is 1. The van der Waals surface area contributed by atoms with Gasteiger partial charge in [-0.2, -0.15) is 0 Å². The summed E-state index contributed by atoms with van der Waals surface area (Å²) >= 11 is 0. The summed E-state index contributed by atoms with van der Waals surface area (Å²) in [6.07, 6.45) is 0. The normalized spacial score (nSPS) is 25.8. The number of ketones is 1. The number of carbonyl (C=O) groups is 1. The van der Waals surface area contributed by atoms with Crippen LogP contribution in [-0.4, -0.2) is 5.78 Å². The van der Waals surface area contributed by atoms with Gasteiger partial charge in [-0.3, -0.25) is 4.79 Å². The highest BCUT2D eigenvalue weighted by atomic mass is 16.1. The second-order valence-electron chi connectivity index (χ2n) is 6.11. The van der Waals surface area contributed by atoms with Crippen molar-refractivity contribution in [2.75, 3.05) is 0 Å². The molecule has 0 heterocycles. The Balaban J connectivity index is 2.68. The molecular formula is C16H22O. The predicted molar refractivity (Wildman–Crippen MR) is 71.8 cm³/mol. The lowest BCUT2D eigenvalue weighted by Gasteiger charge is -2.27. The molecule has 0 saturated carbocycles. The number of hydrogen-bond acceptors (Lipinski definition) is 1. The zero-order chi connectivity index (χ0) is 13.0. The zero-order valence-corrected chi connectivity index (χ0v) is 11.7. The standard InChI is InChI=1S/C16H22O/c1-9-7-15-14(8-13(9)12(4)17)10(2)11(3)16(15,5)6/h7-8,10-11H,1-6H3/t10-,11+/m0/s1. The first kappa shape index (κ1) is 12.3.